The zero-order valence-electron chi connectivity index (χ0n) is 11.0. The molecule has 2 N–H and O–H groups in total. The van der Waals surface area contributed by atoms with Crippen molar-refractivity contribution in [2.75, 3.05) is 0 Å². The van der Waals surface area contributed by atoms with E-state index in [0.29, 0.717) is 22.9 Å². The van der Waals surface area contributed by atoms with Crippen LogP contribution in [0, 0.1) is 0 Å². The smallest absolute Gasteiger partial charge is 0.252 e. The van der Waals surface area contributed by atoms with E-state index in [1.54, 1.807) is 18.3 Å². The van der Waals surface area contributed by atoms with E-state index in [1.807, 2.05) is 30.3 Å². The molecule has 0 radical (unpaired) electrons. The number of aromatic nitrogens is 2. The molecule has 0 aliphatic rings. The van der Waals surface area contributed by atoms with Crippen LogP contribution in [0.1, 0.15) is 0 Å². The van der Waals surface area contributed by atoms with Crippen molar-refractivity contribution in [1.29, 1.82) is 0 Å². The molecule has 5 nitrogen and oxygen atoms in total. The Balaban J connectivity index is 1.85. The van der Waals surface area contributed by atoms with Crippen molar-refractivity contribution in [2.24, 2.45) is 0 Å². The largest absolute Gasteiger partial charge is 0.508 e. The molecule has 0 bridgehead atoms. The maximum absolute atomic E-state index is 11.3. The average Bonchev–Trinajstić information content (AvgIpc) is 2.48. The lowest BCUT2D eigenvalue weighted by Gasteiger charge is -2.06. The zero-order chi connectivity index (χ0) is 14.7. The van der Waals surface area contributed by atoms with Gasteiger partial charge in [0.2, 0.25) is 5.88 Å². The molecule has 5 heteroatoms. The number of benzene rings is 1. The number of ether oxygens (including phenoxy) is 1. The first-order chi connectivity index (χ1) is 10.2. The minimum Gasteiger partial charge on any atom is -0.508 e. The van der Waals surface area contributed by atoms with Crippen LogP contribution in [0.25, 0.3) is 11.3 Å². The fourth-order valence-electron chi connectivity index (χ4n) is 1.89. The molecule has 1 aromatic carbocycles. The molecule has 104 valence electrons. The lowest BCUT2D eigenvalue weighted by atomic mass is 10.2. The molecule has 3 rings (SSSR count). The molecule has 0 saturated heterocycles. The molecular formula is C16H12N2O3. The van der Waals surface area contributed by atoms with Gasteiger partial charge in [-0.25, -0.2) is 4.98 Å². The van der Waals surface area contributed by atoms with E-state index in [-0.39, 0.29) is 11.3 Å². The predicted octanol–water partition coefficient (Wildman–Crippen LogP) is 2.93. The minimum absolute atomic E-state index is 0.0848. The van der Waals surface area contributed by atoms with E-state index >= 15 is 0 Å². The van der Waals surface area contributed by atoms with Gasteiger partial charge < -0.3 is 14.8 Å². The lowest BCUT2D eigenvalue weighted by Crippen LogP contribution is -2.04. The number of aromatic amines is 1. The summed E-state index contributed by atoms with van der Waals surface area (Å²) in [4.78, 5) is 18.2. The molecule has 2 aromatic heterocycles. The second-order valence-electron chi connectivity index (χ2n) is 4.42. The van der Waals surface area contributed by atoms with E-state index in [2.05, 4.69) is 9.97 Å². The first-order valence-electron chi connectivity index (χ1n) is 6.33. The lowest BCUT2D eigenvalue weighted by molar-refractivity contribution is 0.463. The predicted molar refractivity (Wildman–Crippen MR) is 78.5 cm³/mol. The van der Waals surface area contributed by atoms with Gasteiger partial charge in [0.05, 0.1) is 5.69 Å². The van der Waals surface area contributed by atoms with Gasteiger partial charge in [0, 0.05) is 30.0 Å². The average molecular weight is 280 g/mol. The normalized spacial score (nSPS) is 10.3. The molecule has 3 aromatic rings. The molecule has 0 aliphatic carbocycles. The second-order valence-corrected chi connectivity index (χ2v) is 4.42. The third kappa shape index (κ3) is 3.09. The van der Waals surface area contributed by atoms with Crippen molar-refractivity contribution in [3.05, 3.63) is 71.1 Å². The summed E-state index contributed by atoms with van der Waals surface area (Å²) in [7, 11) is 0. The summed E-state index contributed by atoms with van der Waals surface area (Å²) in [5.74, 6) is 1.06. The quantitative estimate of drug-likeness (QED) is 0.773. The summed E-state index contributed by atoms with van der Waals surface area (Å²) in [6.45, 7) is 0. The number of hydrogen-bond donors (Lipinski definition) is 2. The van der Waals surface area contributed by atoms with Crippen LogP contribution in [0.3, 0.4) is 0 Å². The summed E-state index contributed by atoms with van der Waals surface area (Å²) in [6, 6.07) is 15.4. The Bertz CT molecular complexity index is 796. The molecule has 0 atom stereocenters. The Morgan fingerprint density at radius 3 is 2.52 bits per heavy atom. The molecule has 0 spiro atoms. The Hall–Kier alpha value is -3.08. The number of nitrogens with one attached hydrogen (secondary N) is 1. The number of rotatable bonds is 3. The SMILES string of the molecule is O=c1cc(O)cc(-c2ccc(Oc3ccccc3)nc2)[nH]1. The minimum atomic E-state index is -0.366. The number of H-pyrrole nitrogens is 1. The highest BCUT2D eigenvalue weighted by molar-refractivity contribution is 5.59. The first kappa shape index (κ1) is 12.9. The van der Waals surface area contributed by atoms with Gasteiger partial charge in [0.1, 0.15) is 11.5 Å². The van der Waals surface area contributed by atoms with Crippen LogP contribution < -0.4 is 10.3 Å². The zero-order valence-corrected chi connectivity index (χ0v) is 11.0. The number of nitrogens with zero attached hydrogens (tertiary/aromatic N) is 1. The van der Waals surface area contributed by atoms with Crippen molar-refractivity contribution in [2.45, 2.75) is 0 Å². The van der Waals surface area contributed by atoms with Gasteiger partial charge in [-0.1, -0.05) is 18.2 Å². The number of para-hydroxylation sites is 1. The van der Waals surface area contributed by atoms with Crippen molar-refractivity contribution >= 4 is 0 Å². The van der Waals surface area contributed by atoms with E-state index in [4.69, 9.17) is 4.74 Å². The van der Waals surface area contributed by atoms with Gasteiger partial charge in [0.15, 0.2) is 0 Å². The van der Waals surface area contributed by atoms with Gasteiger partial charge in [0.25, 0.3) is 5.56 Å². The fraction of sp³-hybridized carbons (Fsp3) is 0. The Morgan fingerprint density at radius 2 is 1.86 bits per heavy atom. The van der Waals surface area contributed by atoms with E-state index < -0.39 is 0 Å². The van der Waals surface area contributed by atoms with Crippen LogP contribution in [0.5, 0.6) is 17.4 Å². The van der Waals surface area contributed by atoms with Crippen molar-refractivity contribution in [3.8, 4) is 28.6 Å². The molecule has 0 saturated carbocycles. The third-order valence-electron chi connectivity index (χ3n) is 2.84. The molecule has 0 fully saturated rings. The molecule has 0 amide bonds. The highest BCUT2D eigenvalue weighted by Crippen LogP contribution is 2.23. The summed E-state index contributed by atoms with van der Waals surface area (Å²) in [5.41, 5.74) is 0.816. The van der Waals surface area contributed by atoms with Crippen LogP contribution in [0.2, 0.25) is 0 Å². The summed E-state index contributed by atoms with van der Waals surface area (Å²) in [5, 5.41) is 9.44. The number of pyridine rings is 2. The van der Waals surface area contributed by atoms with Crippen molar-refractivity contribution in [3.63, 3.8) is 0 Å². The van der Waals surface area contributed by atoms with Crippen molar-refractivity contribution in [1.82, 2.24) is 9.97 Å². The maximum atomic E-state index is 11.3. The van der Waals surface area contributed by atoms with Gasteiger partial charge >= 0.3 is 0 Å². The van der Waals surface area contributed by atoms with Crippen LogP contribution in [0.15, 0.2) is 65.6 Å². The topological polar surface area (TPSA) is 75.2 Å². The Morgan fingerprint density at radius 1 is 1.05 bits per heavy atom. The summed E-state index contributed by atoms with van der Waals surface area (Å²) >= 11 is 0. The molecule has 0 unspecified atom stereocenters. The Labute approximate surface area is 120 Å². The van der Waals surface area contributed by atoms with Crippen LogP contribution in [-0.2, 0) is 0 Å². The van der Waals surface area contributed by atoms with Gasteiger partial charge in [-0.15, -0.1) is 0 Å². The van der Waals surface area contributed by atoms with E-state index in [0.717, 1.165) is 6.07 Å². The standard InChI is InChI=1S/C16H12N2O3/c19-12-8-14(18-15(20)9-12)11-6-7-16(17-10-11)21-13-4-2-1-3-5-13/h1-10H,(H2,18,19,20). The van der Waals surface area contributed by atoms with Gasteiger partial charge in [-0.2, -0.15) is 0 Å². The molecule has 0 aliphatic heterocycles. The summed E-state index contributed by atoms with van der Waals surface area (Å²) in [6.07, 6.45) is 1.57. The summed E-state index contributed by atoms with van der Waals surface area (Å²) < 4.78 is 5.58. The highest BCUT2D eigenvalue weighted by atomic mass is 16.5. The first-order valence-corrected chi connectivity index (χ1v) is 6.33. The van der Waals surface area contributed by atoms with Gasteiger partial charge in [-0.05, 0) is 18.2 Å². The second kappa shape index (κ2) is 5.50. The molecular weight excluding hydrogens is 268 g/mol. The number of hydrogen-bond acceptors (Lipinski definition) is 4. The molecule has 21 heavy (non-hydrogen) atoms. The van der Waals surface area contributed by atoms with E-state index in [1.165, 1.54) is 6.07 Å². The Kier molecular flexibility index (Phi) is 3.39. The monoisotopic (exact) mass is 280 g/mol. The molecule has 2 heterocycles. The maximum Gasteiger partial charge on any atom is 0.252 e. The highest BCUT2D eigenvalue weighted by Gasteiger charge is 2.03. The van der Waals surface area contributed by atoms with Gasteiger partial charge in [-0.3, -0.25) is 4.79 Å². The number of aromatic hydroxyl groups is 1. The van der Waals surface area contributed by atoms with E-state index in [9.17, 15) is 9.90 Å². The van der Waals surface area contributed by atoms with Crippen molar-refractivity contribution < 1.29 is 9.84 Å². The van der Waals surface area contributed by atoms with Crippen LogP contribution >= 0.6 is 0 Å². The van der Waals surface area contributed by atoms with Crippen LogP contribution in [0.4, 0.5) is 0 Å². The van der Waals surface area contributed by atoms with Crippen LogP contribution in [-0.4, -0.2) is 15.1 Å². The fourth-order valence-corrected chi connectivity index (χ4v) is 1.89. The third-order valence-corrected chi connectivity index (χ3v) is 2.84.